The predicted molar refractivity (Wildman–Crippen MR) is 91.8 cm³/mol. The lowest BCUT2D eigenvalue weighted by atomic mass is 10.1. The topological polar surface area (TPSA) is 24.4 Å². The summed E-state index contributed by atoms with van der Waals surface area (Å²) in [5, 5.41) is 4.62. The number of hydrogen-bond donors (Lipinski definition) is 1. The molecule has 0 fully saturated rings. The molecule has 1 N–H and O–H groups in total. The molecule has 2 nitrogen and oxygen atoms in total. The number of hydrogen-bond acceptors (Lipinski definition) is 3. The second-order valence-corrected chi connectivity index (χ2v) is 6.42. The van der Waals surface area contributed by atoms with Gasteiger partial charge in [0.25, 0.3) is 0 Å². The van der Waals surface area contributed by atoms with Crippen molar-refractivity contribution in [1.29, 1.82) is 0 Å². The quantitative estimate of drug-likeness (QED) is 0.920. The Hall–Kier alpha value is -1.74. The highest BCUT2D eigenvalue weighted by Crippen LogP contribution is 2.29. The third kappa shape index (κ3) is 3.88. The normalized spacial score (nSPS) is 19.1. The van der Waals surface area contributed by atoms with E-state index in [4.69, 9.17) is 4.99 Å². The zero-order valence-electron chi connectivity index (χ0n) is 12.2. The number of benzene rings is 2. The van der Waals surface area contributed by atoms with Crippen molar-refractivity contribution in [2.24, 2.45) is 4.99 Å². The Bertz CT molecular complexity index is 595. The first-order valence-electron chi connectivity index (χ1n) is 7.37. The molecule has 0 bridgehead atoms. The van der Waals surface area contributed by atoms with Gasteiger partial charge in [-0.05, 0) is 24.5 Å². The summed E-state index contributed by atoms with van der Waals surface area (Å²) in [5.41, 5.74) is 2.67. The Labute approximate surface area is 130 Å². The second-order valence-electron chi connectivity index (χ2n) is 5.41. The Morgan fingerprint density at radius 2 is 1.76 bits per heavy atom. The van der Waals surface area contributed by atoms with Gasteiger partial charge >= 0.3 is 0 Å². The zero-order valence-corrected chi connectivity index (χ0v) is 13.0. The molecule has 0 saturated carbocycles. The number of rotatable bonds is 4. The lowest BCUT2D eigenvalue weighted by molar-refractivity contribution is 0.662. The molecule has 0 spiro atoms. The zero-order chi connectivity index (χ0) is 14.5. The number of nitrogens with one attached hydrogen (secondary N) is 1. The van der Waals surface area contributed by atoms with E-state index in [1.54, 1.807) is 0 Å². The van der Waals surface area contributed by atoms with Crippen LogP contribution in [0, 0.1) is 0 Å². The maximum absolute atomic E-state index is 4.81. The summed E-state index contributed by atoms with van der Waals surface area (Å²) in [6, 6.07) is 21.8. The van der Waals surface area contributed by atoms with E-state index in [0.29, 0.717) is 12.1 Å². The number of nitrogens with zero attached hydrogens (tertiary/aromatic N) is 1. The van der Waals surface area contributed by atoms with Crippen molar-refractivity contribution in [3.63, 3.8) is 0 Å². The van der Waals surface area contributed by atoms with Crippen LogP contribution in [-0.2, 0) is 6.42 Å². The maximum Gasteiger partial charge on any atom is 0.157 e. The van der Waals surface area contributed by atoms with Gasteiger partial charge in [0.2, 0.25) is 0 Å². The number of thioether (sulfide) groups is 1. The first kappa shape index (κ1) is 14.2. The third-order valence-corrected chi connectivity index (χ3v) is 4.57. The van der Waals surface area contributed by atoms with Crippen molar-refractivity contribution < 1.29 is 0 Å². The van der Waals surface area contributed by atoms with E-state index in [1.807, 2.05) is 11.8 Å². The summed E-state index contributed by atoms with van der Waals surface area (Å²) < 4.78 is 0. The second kappa shape index (κ2) is 6.81. The summed E-state index contributed by atoms with van der Waals surface area (Å²) in [6.07, 6.45) is 1.02. The van der Waals surface area contributed by atoms with E-state index in [0.717, 1.165) is 17.3 Å². The van der Waals surface area contributed by atoms with E-state index in [-0.39, 0.29) is 0 Å². The van der Waals surface area contributed by atoms with Gasteiger partial charge in [-0.3, -0.25) is 4.99 Å². The van der Waals surface area contributed by atoms with Crippen LogP contribution in [0.5, 0.6) is 0 Å². The van der Waals surface area contributed by atoms with E-state index in [9.17, 15) is 0 Å². The molecule has 2 aromatic rings. The summed E-state index contributed by atoms with van der Waals surface area (Å²) in [5.74, 6) is 1.03. The molecule has 1 heterocycles. The van der Waals surface area contributed by atoms with Crippen LogP contribution in [0.4, 0.5) is 0 Å². The minimum absolute atomic E-state index is 0.294. The first-order valence-corrected chi connectivity index (χ1v) is 8.36. The predicted octanol–water partition coefficient (Wildman–Crippen LogP) is 4.05. The number of aliphatic imine (C=N–C) groups is 1. The fourth-order valence-electron chi connectivity index (χ4n) is 2.53. The van der Waals surface area contributed by atoms with E-state index in [1.165, 1.54) is 11.1 Å². The Morgan fingerprint density at radius 3 is 2.48 bits per heavy atom. The molecule has 2 aromatic carbocycles. The van der Waals surface area contributed by atoms with E-state index < -0.39 is 0 Å². The van der Waals surface area contributed by atoms with Crippen molar-refractivity contribution in [2.45, 2.75) is 25.4 Å². The molecule has 0 saturated heterocycles. The molecule has 0 aromatic heterocycles. The SMILES string of the molecule is CC(Cc1ccccc1)NC1=NC(c2ccccc2)CS1. The van der Waals surface area contributed by atoms with E-state index in [2.05, 4.69) is 72.9 Å². The minimum atomic E-state index is 0.294. The molecule has 3 heteroatoms. The fraction of sp³-hybridized carbons (Fsp3) is 0.278. The average Bonchev–Trinajstić information content (AvgIpc) is 2.97. The van der Waals surface area contributed by atoms with Gasteiger partial charge in [-0.1, -0.05) is 72.4 Å². The Kier molecular flexibility index (Phi) is 4.61. The van der Waals surface area contributed by atoms with Gasteiger partial charge in [-0.2, -0.15) is 0 Å². The number of amidine groups is 1. The van der Waals surface area contributed by atoms with Gasteiger partial charge in [0, 0.05) is 11.8 Å². The largest absolute Gasteiger partial charge is 0.362 e. The van der Waals surface area contributed by atoms with E-state index >= 15 is 0 Å². The van der Waals surface area contributed by atoms with Gasteiger partial charge in [-0.15, -0.1) is 0 Å². The molecule has 0 amide bonds. The molecular weight excluding hydrogens is 276 g/mol. The van der Waals surface area contributed by atoms with Crippen molar-refractivity contribution in [2.75, 3.05) is 5.75 Å². The van der Waals surface area contributed by atoms with Crippen LogP contribution < -0.4 is 5.32 Å². The van der Waals surface area contributed by atoms with Crippen molar-refractivity contribution >= 4 is 16.9 Å². The standard InChI is InChI=1S/C18H20N2S/c1-14(12-15-8-4-2-5-9-15)19-18-20-17(13-21-18)16-10-6-3-7-11-16/h2-11,14,17H,12-13H2,1H3,(H,19,20). The molecular formula is C18H20N2S. The summed E-state index contributed by atoms with van der Waals surface area (Å²) in [4.78, 5) is 4.81. The monoisotopic (exact) mass is 296 g/mol. The fourth-order valence-corrected chi connectivity index (χ4v) is 3.60. The summed E-state index contributed by atoms with van der Waals surface area (Å²) in [6.45, 7) is 2.21. The highest BCUT2D eigenvalue weighted by atomic mass is 32.2. The van der Waals surface area contributed by atoms with Crippen LogP contribution in [0.1, 0.15) is 24.1 Å². The Balaban J connectivity index is 1.58. The van der Waals surface area contributed by atoms with Gasteiger partial charge < -0.3 is 5.32 Å². The smallest absolute Gasteiger partial charge is 0.157 e. The third-order valence-electron chi connectivity index (χ3n) is 3.59. The van der Waals surface area contributed by atoms with Gasteiger partial charge in [0.1, 0.15) is 0 Å². The highest BCUT2D eigenvalue weighted by molar-refractivity contribution is 8.14. The lowest BCUT2D eigenvalue weighted by Gasteiger charge is -2.14. The van der Waals surface area contributed by atoms with Crippen LogP contribution in [0.3, 0.4) is 0 Å². The molecule has 3 rings (SSSR count). The van der Waals surface area contributed by atoms with Gasteiger partial charge in [-0.25, -0.2) is 0 Å². The molecule has 2 unspecified atom stereocenters. The minimum Gasteiger partial charge on any atom is -0.362 e. The van der Waals surface area contributed by atoms with Crippen LogP contribution >= 0.6 is 11.8 Å². The lowest BCUT2D eigenvalue weighted by Crippen LogP contribution is -2.31. The average molecular weight is 296 g/mol. The molecule has 2 atom stereocenters. The van der Waals surface area contributed by atoms with Crippen molar-refractivity contribution in [3.8, 4) is 0 Å². The highest BCUT2D eigenvalue weighted by Gasteiger charge is 2.20. The summed E-state index contributed by atoms with van der Waals surface area (Å²) >= 11 is 1.82. The van der Waals surface area contributed by atoms with Crippen LogP contribution in [-0.4, -0.2) is 17.0 Å². The molecule has 108 valence electrons. The molecule has 21 heavy (non-hydrogen) atoms. The van der Waals surface area contributed by atoms with Crippen LogP contribution in [0.15, 0.2) is 65.7 Å². The Morgan fingerprint density at radius 1 is 1.10 bits per heavy atom. The maximum atomic E-state index is 4.81. The first-order chi connectivity index (χ1) is 10.3. The van der Waals surface area contributed by atoms with Crippen LogP contribution in [0.25, 0.3) is 0 Å². The molecule has 0 radical (unpaired) electrons. The molecule has 0 aliphatic carbocycles. The van der Waals surface area contributed by atoms with Crippen molar-refractivity contribution in [1.82, 2.24) is 5.32 Å². The molecule has 1 aliphatic rings. The van der Waals surface area contributed by atoms with Crippen molar-refractivity contribution in [3.05, 3.63) is 71.8 Å². The van der Waals surface area contributed by atoms with Crippen LogP contribution in [0.2, 0.25) is 0 Å². The molecule has 1 aliphatic heterocycles. The summed E-state index contributed by atoms with van der Waals surface area (Å²) in [7, 11) is 0. The van der Waals surface area contributed by atoms with Gasteiger partial charge in [0.05, 0.1) is 6.04 Å². The van der Waals surface area contributed by atoms with Gasteiger partial charge in [0.15, 0.2) is 5.17 Å².